The predicted molar refractivity (Wildman–Crippen MR) is 80.4 cm³/mol. The lowest BCUT2D eigenvalue weighted by Gasteiger charge is -2.01. The molecule has 2 aromatic rings. The standard InChI is InChI=1S/C17H18O5/c1-4-21-17(19)15-9-14(22-11(15)2)10-16(18)12-5-7-13(20-3)8-6-12/h5-9H,4,10H2,1-3H3. The molecule has 0 amide bonds. The molecule has 0 spiro atoms. The molecule has 1 heterocycles. The van der Waals surface area contributed by atoms with Gasteiger partial charge in [0.05, 0.1) is 20.1 Å². The Morgan fingerprint density at radius 3 is 2.45 bits per heavy atom. The van der Waals surface area contributed by atoms with Gasteiger partial charge in [0.15, 0.2) is 5.78 Å². The number of hydrogen-bond acceptors (Lipinski definition) is 5. The monoisotopic (exact) mass is 302 g/mol. The summed E-state index contributed by atoms with van der Waals surface area (Å²) in [6.07, 6.45) is 0.0899. The van der Waals surface area contributed by atoms with E-state index in [-0.39, 0.29) is 12.2 Å². The summed E-state index contributed by atoms with van der Waals surface area (Å²) in [5, 5.41) is 0. The van der Waals surface area contributed by atoms with Crippen molar-refractivity contribution in [3.8, 4) is 5.75 Å². The smallest absolute Gasteiger partial charge is 0.341 e. The van der Waals surface area contributed by atoms with Gasteiger partial charge in [0.25, 0.3) is 0 Å². The molecule has 116 valence electrons. The van der Waals surface area contributed by atoms with Crippen LogP contribution in [0.4, 0.5) is 0 Å². The Hall–Kier alpha value is -2.56. The molecule has 1 aromatic heterocycles. The molecule has 0 bridgehead atoms. The van der Waals surface area contributed by atoms with Gasteiger partial charge in [-0.2, -0.15) is 0 Å². The van der Waals surface area contributed by atoms with Crippen molar-refractivity contribution in [3.63, 3.8) is 0 Å². The SMILES string of the molecule is CCOC(=O)c1cc(CC(=O)c2ccc(OC)cc2)oc1C. The van der Waals surface area contributed by atoms with E-state index in [9.17, 15) is 9.59 Å². The number of aryl methyl sites for hydroxylation is 1. The van der Waals surface area contributed by atoms with Gasteiger partial charge in [-0.15, -0.1) is 0 Å². The molecule has 1 aromatic carbocycles. The van der Waals surface area contributed by atoms with Crippen LogP contribution in [-0.4, -0.2) is 25.5 Å². The molecule has 0 atom stereocenters. The van der Waals surface area contributed by atoms with Crippen molar-refractivity contribution < 1.29 is 23.5 Å². The maximum atomic E-state index is 12.2. The zero-order chi connectivity index (χ0) is 16.1. The zero-order valence-corrected chi connectivity index (χ0v) is 12.8. The summed E-state index contributed by atoms with van der Waals surface area (Å²) >= 11 is 0. The van der Waals surface area contributed by atoms with Crippen LogP contribution in [0.2, 0.25) is 0 Å². The molecular weight excluding hydrogens is 284 g/mol. The van der Waals surface area contributed by atoms with E-state index in [1.165, 1.54) is 0 Å². The van der Waals surface area contributed by atoms with Crippen LogP contribution in [0, 0.1) is 6.92 Å². The fraction of sp³-hybridized carbons (Fsp3) is 0.294. The largest absolute Gasteiger partial charge is 0.497 e. The topological polar surface area (TPSA) is 65.7 Å². The van der Waals surface area contributed by atoms with Crippen LogP contribution in [0.25, 0.3) is 0 Å². The number of methoxy groups -OCH3 is 1. The number of carbonyl (C=O) groups excluding carboxylic acids is 2. The minimum absolute atomic E-state index is 0.0899. The number of hydrogen-bond donors (Lipinski definition) is 0. The molecule has 22 heavy (non-hydrogen) atoms. The maximum absolute atomic E-state index is 12.2. The van der Waals surface area contributed by atoms with E-state index >= 15 is 0 Å². The highest BCUT2D eigenvalue weighted by molar-refractivity contribution is 5.98. The lowest BCUT2D eigenvalue weighted by Crippen LogP contribution is -2.05. The summed E-state index contributed by atoms with van der Waals surface area (Å²) in [7, 11) is 1.57. The summed E-state index contributed by atoms with van der Waals surface area (Å²) < 4.78 is 15.5. The van der Waals surface area contributed by atoms with E-state index in [4.69, 9.17) is 13.9 Å². The Balaban J connectivity index is 2.11. The molecule has 0 radical (unpaired) electrons. The quantitative estimate of drug-likeness (QED) is 0.605. The molecule has 0 aliphatic heterocycles. The highest BCUT2D eigenvalue weighted by atomic mass is 16.5. The van der Waals surface area contributed by atoms with Gasteiger partial charge in [0.2, 0.25) is 0 Å². The van der Waals surface area contributed by atoms with E-state index in [1.54, 1.807) is 51.3 Å². The number of furan rings is 1. The normalized spacial score (nSPS) is 10.3. The number of ether oxygens (including phenoxy) is 2. The van der Waals surface area contributed by atoms with Crippen LogP contribution in [0.5, 0.6) is 5.75 Å². The second kappa shape index (κ2) is 6.93. The molecule has 0 fully saturated rings. The third-order valence-corrected chi connectivity index (χ3v) is 3.21. The minimum Gasteiger partial charge on any atom is -0.497 e. The number of carbonyl (C=O) groups is 2. The molecule has 0 saturated carbocycles. The summed E-state index contributed by atoms with van der Waals surface area (Å²) in [5.41, 5.74) is 0.923. The second-order valence-corrected chi connectivity index (χ2v) is 4.73. The van der Waals surface area contributed by atoms with E-state index in [0.717, 1.165) is 0 Å². The fourth-order valence-corrected chi connectivity index (χ4v) is 2.08. The maximum Gasteiger partial charge on any atom is 0.341 e. The van der Waals surface area contributed by atoms with Crippen molar-refractivity contribution in [2.45, 2.75) is 20.3 Å². The van der Waals surface area contributed by atoms with Crippen molar-refractivity contribution in [2.24, 2.45) is 0 Å². The van der Waals surface area contributed by atoms with Crippen LogP contribution in [0.1, 0.15) is 39.2 Å². The molecule has 0 N–H and O–H groups in total. The van der Waals surface area contributed by atoms with Gasteiger partial charge in [-0.25, -0.2) is 4.79 Å². The number of rotatable bonds is 6. The lowest BCUT2D eigenvalue weighted by atomic mass is 10.1. The van der Waals surface area contributed by atoms with Crippen LogP contribution < -0.4 is 4.74 Å². The molecule has 5 nitrogen and oxygen atoms in total. The van der Waals surface area contributed by atoms with Gasteiger partial charge in [-0.3, -0.25) is 4.79 Å². The molecule has 0 aliphatic rings. The van der Waals surface area contributed by atoms with Gasteiger partial charge in [-0.1, -0.05) is 0 Å². The number of Topliss-reactive ketones (excluding diaryl/α,β-unsaturated/α-hetero) is 1. The van der Waals surface area contributed by atoms with E-state index < -0.39 is 5.97 Å². The van der Waals surface area contributed by atoms with E-state index in [2.05, 4.69) is 0 Å². The second-order valence-electron chi connectivity index (χ2n) is 4.73. The van der Waals surface area contributed by atoms with Gasteiger partial charge in [-0.05, 0) is 44.2 Å². The van der Waals surface area contributed by atoms with Gasteiger partial charge >= 0.3 is 5.97 Å². The van der Waals surface area contributed by atoms with Crippen LogP contribution in [0.15, 0.2) is 34.7 Å². The summed E-state index contributed by atoms with van der Waals surface area (Å²) in [4.78, 5) is 23.9. The van der Waals surface area contributed by atoms with Crippen molar-refractivity contribution >= 4 is 11.8 Å². The first kappa shape index (κ1) is 15.8. The molecule has 5 heteroatoms. The van der Waals surface area contributed by atoms with Crippen molar-refractivity contribution in [1.29, 1.82) is 0 Å². The Labute approximate surface area is 128 Å². The summed E-state index contributed by atoms with van der Waals surface area (Å²) in [6, 6.07) is 8.41. The predicted octanol–water partition coefficient (Wildman–Crippen LogP) is 3.20. The van der Waals surface area contributed by atoms with Crippen molar-refractivity contribution in [3.05, 3.63) is 53.0 Å². The Kier molecular flexibility index (Phi) is 4.99. The highest BCUT2D eigenvalue weighted by Gasteiger charge is 2.18. The first-order valence-electron chi connectivity index (χ1n) is 6.98. The number of ketones is 1. The third kappa shape index (κ3) is 3.55. The van der Waals surface area contributed by atoms with E-state index in [1.807, 2.05) is 0 Å². The number of esters is 1. The first-order valence-corrected chi connectivity index (χ1v) is 6.98. The first-order chi connectivity index (χ1) is 10.5. The van der Waals surface area contributed by atoms with Crippen LogP contribution in [-0.2, 0) is 11.2 Å². The molecule has 0 saturated heterocycles. The van der Waals surface area contributed by atoms with Gasteiger partial charge in [0.1, 0.15) is 22.8 Å². The van der Waals surface area contributed by atoms with Crippen molar-refractivity contribution in [1.82, 2.24) is 0 Å². The van der Waals surface area contributed by atoms with Crippen molar-refractivity contribution in [2.75, 3.05) is 13.7 Å². The average Bonchev–Trinajstić information content (AvgIpc) is 2.88. The van der Waals surface area contributed by atoms with Gasteiger partial charge in [0, 0.05) is 5.56 Å². The zero-order valence-electron chi connectivity index (χ0n) is 12.8. The molecule has 0 unspecified atom stereocenters. The summed E-state index contributed by atoms with van der Waals surface area (Å²) in [6.45, 7) is 3.71. The molecule has 0 aliphatic carbocycles. The molecular formula is C17H18O5. The Morgan fingerprint density at radius 2 is 1.86 bits per heavy atom. The highest BCUT2D eigenvalue weighted by Crippen LogP contribution is 2.19. The average molecular weight is 302 g/mol. The Morgan fingerprint density at radius 1 is 1.18 bits per heavy atom. The lowest BCUT2D eigenvalue weighted by molar-refractivity contribution is 0.0524. The van der Waals surface area contributed by atoms with Crippen LogP contribution in [0.3, 0.4) is 0 Å². The summed E-state index contributed by atoms with van der Waals surface area (Å²) in [5.74, 6) is 1.06. The Bertz CT molecular complexity index is 667. The molecule has 2 rings (SSSR count). The number of benzene rings is 1. The van der Waals surface area contributed by atoms with E-state index in [0.29, 0.717) is 35.0 Å². The van der Waals surface area contributed by atoms with Crippen LogP contribution >= 0.6 is 0 Å². The fourth-order valence-electron chi connectivity index (χ4n) is 2.08. The third-order valence-electron chi connectivity index (χ3n) is 3.21. The minimum atomic E-state index is -0.438. The van der Waals surface area contributed by atoms with Gasteiger partial charge < -0.3 is 13.9 Å².